The molecule has 0 spiro atoms. The molecule has 2 nitrogen and oxygen atoms in total. The summed E-state index contributed by atoms with van der Waals surface area (Å²) in [4.78, 5) is 8.94. The summed E-state index contributed by atoms with van der Waals surface area (Å²) < 4.78 is 188. The molecular weight excluding hydrogens is 641 g/mol. The summed E-state index contributed by atoms with van der Waals surface area (Å²) in [6.45, 7) is 4.07. The molecule has 0 atom stereocenters. The number of fused-ring (bicyclic) bond motifs is 5. The number of hydrogen-bond acceptors (Lipinski definition) is 2. The van der Waals surface area contributed by atoms with E-state index in [0.29, 0.717) is 11.1 Å². The lowest BCUT2D eigenvalue weighted by Gasteiger charge is -2.22. The first-order valence-corrected chi connectivity index (χ1v) is 16.6. The molecule has 0 fully saturated rings. The molecule has 0 unspecified atom stereocenters. The SMILES string of the molecule is [2H]c1c(-c2c([2H])c([2H])c([2H])c(-c3c([2H])c([2H])c([2H])c([2H])c3[2H])c2[2H])nc(-c2c([2H])c([2H])c([2H])c([2H])c2[2H])nc1-c1c([2H])c([2H])c(-c2cccc3c2-c2cc4ccccc4cc2C3(C)C)c2c([2H])c([2H])c([2H])c([2H])c12. The Bertz CT molecular complexity index is 4020. The van der Waals surface area contributed by atoms with E-state index in [0.717, 1.165) is 27.5 Å². The predicted molar refractivity (Wildman–Crippen MR) is 222 cm³/mol. The van der Waals surface area contributed by atoms with E-state index in [-0.39, 0.29) is 10.9 Å². The molecule has 0 bridgehead atoms. The van der Waals surface area contributed by atoms with Gasteiger partial charge in [0, 0.05) is 22.1 Å². The second kappa shape index (κ2) is 12.3. The Morgan fingerprint density at radius 2 is 1.08 bits per heavy atom. The lowest BCUT2D eigenvalue weighted by molar-refractivity contribution is 0.661. The first-order valence-electron chi connectivity index (χ1n) is 27.1. The normalized spacial score (nSPS) is 18.4. The molecule has 2 heteroatoms. The Morgan fingerprint density at radius 3 is 1.85 bits per heavy atom. The third kappa shape index (κ3) is 5.18. The van der Waals surface area contributed by atoms with Crippen LogP contribution in [0.1, 0.15) is 53.8 Å². The van der Waals surface area contributed by atoms with Crippen LogP contribution in [0.15, 0.2) is 181 Å². The molecule has 0 amide bonds. The van der Waals surface area contributed by atoms with Crippen molar-refractivity contribution in [1.29, 1.82) is 0 Å². The highest BCUT2D eigenvalue weighted by Crippen LogP contribution is 2.54. The number of aromatic nitrogens is 2. The molecule has 0 saturated heterocycles. The molecule has 1 aliphatic carbocycles. The molecule has 53 heavy (non-hydrogen) atoms. The second-order valence-corrected chi connectivity index (χ2v) is 13.0. The lowest BCUT2D eigenvalue weighted by atomic mass is 9.81. The average Bonchev–Trinajstić information content (AvgIpc) is 3.60. The Morgan fingerprint density at radius 1 is 0.453 bits per heavy atom. The van der Waals surface area contributed by atoms with Gasteiger partial charge in [0.15, 0.2) is 5.82 Å². The van der Waals surface area contributed by atoms with Crippen LogP contribution in [0.3, 0.4) is 0 Å². The molecule has 0 radical (unpaired) electrons. The molecule has 1 aliphatic rings. The maximum atomic E-state index is 9.90. The van der Waals surface area contributed by atoms with E-state index in [1.165, 1.54) is 0 Å². The highest BCUT2D eigenvalue weighted by Gasteiger charge is 2.37. The van der Waals surface area contributed by atoms with Gasteiger partial charge in [0.2, 0.25) is 0 Å². The summed E-state index contributed by atoms with van der Waals surface area (Å²) in [5.41, 5.74) is -2.22. The van der Waals surface area contributed by atoms with Gasteiger partial charge in [-0.3, -0.25) is 0 Å². The summed E-state index contributed by atoms with van der Waals surface area (Å²) in [5, 5.41) is 1.18. The monoisotopic (exact) mass is 697 g/mol. The molecule has 0 saturated carbocycles. The molecule has 1 aromatic heterocycles. The standard InChI is InChI=1S/C51H36N2/c1-51(2)45-26-14-25-43(49(45)44-30-36-19-9-10-20-37(36)31-46(44)51)41-27-28-42(40-24-12-11-23-39(40)41)48-32-47(52-50(53-48)34-17-7-4-8-18-34)38-22-13-21-35(29-38)33-15-5-3-6-16-33/h3-32H,1-2H3/i3D,4D,5D,6D,7D,8D,11D,12D,13D,15D,16D,17D,18D,21D,22D,23D,24D,27D,28D,29D,32D. The van der Waals surface area contributed by atoms with Crippen molar-refractivity contribution in [3.05, 3.63) is 193 Å². The average molecular weight is 698 g/mol. The third-order valence-corrected chi connectivity index (χ3v) is 9.58. The van der Waals surface area contributed by atoms with Crippen molar-refractivity contribution in [2.24, 2.45) is 0 Å². The van der Waals surface area contributed by atoms with Crippen LogP contribution in [0.5, 0.6) is 0 Å². The van der Waals surface area contributed by atoms with Gasteiger partial charge in [-0.1, -0.05) is 171 Å². The third-order valence-electron chi connectivity index (χ3n) is 9.58. The van der Waals surface area contributed by atoms with Crippen LogP contribution in [0.2, 0.25) is 0 Å². The summed E-state index contributed by atoms with van der Waals surface area (Å²) in [5.74, 6) is -0.788. The van der Waals surface area contributed by atoms with E-state index in [2.05, 4.69) is 16.0 Å². The van der Waals surface area contributed by atoms with Gasteiger partial charge in [0.05, 0.1) is 40.2 Å². The van der Waals surface area contributed by atoms with Gasteiger partial charge in [-0.15, -0.1) is 0 Å². The molecular formula is C51H36N2. The molecule has 1 heterocycles. The summed E-state index contributed by atoms with van der Waals surface area (Å²) >= 11 is 0. The highest BCUT2D eigenvalue weighted by molar-refractivity contribution is 6.08. The minimum Gasteiger partial charge on any atom is -0.228 e. The van der Waals surface area contributed by atoms with Gasteiger partial charge in [-0.05, 0) is 90.3 Å². The van der Waals surface area contributed by atoms with Crippen LogP contribution in [-0.2, 0) is 5.41 Å². The highest BCUT2D eigenvalue weighted by atomic mass is 14.9. The second-order valence-electron chi connectivity index (χ2n) is 13.0. The zero-order valence-corrected chi connectivity index (χ0v) is 28.1. The largest absolute Gasteiger partial charge is 0.228 e. The van der Waals surface area contributed by atoms with Gasteiger partial charge in [-0.2, -0.15) is 0 Å². The molecule has 8 aromatic carbocycles. The van der Waals surface area contributed by atoms with Crippen molar-refractivity contribution < 1.29 is 28.8 Å². The molecule has 9 aromatic rings. The first-order chi connectivity index (χ1) is 34.8. The van der Waals surface area contributed by atoms with Crippen molar-refractivity contribution in [2.75, 3.05) is 0 Å². The van der Waals surface area contributed by atoms with E-state index in [1.54, 1.807) is 12.1 Å². The Hall–Kier alpha value is -6.64. The van der Waals surface area contributed by atoms with Gasteiger partial charge < -0.3 is 0 Å². The maximum Gasteiger partial charge on any atom is 0.160 e. The Balaban J connectivity index is 1.38. The number of rotatable bonds is 5. The van der Waals surface area contributed by atoms with E-state index in [9.17, 15) is 8.22 Å². The van der Waals surface area contributed by atoms with Crippen LogP contribution in [0.25, 0.3) is 88.8 Å². The van der Waals surface area contributed by atoms with Crippen LogP contribution in [-0.4, -0.2) is 9.97 Å². The van der Waals surface area contributed by atoms with Gasteiger partial charge >= 0.3 is 0 Å². The fraction of sp³-hybridized carbons (Fsp3) is 0.0588. The van der Waals surface area contributed by atoms with E-state index in [4.69, 9.17) is 20.6 Å². The predicted octanol–water partition coefficient (Wildman–Crippen LogP) is 13.4. The topological polar surface area (TPSA) is 25.8 Å². The summed E-state index contributed by atoms with van der Waals surface area (Å²) in [7, 11) is 0. The van der Waals surface area contributed by atoms with Crippen molar-refractivity contribution in [3.63, 3.8) is 0 Å². The number of benzene rings is 8. The smallest absolute Gasteiger partial charge is 0.160 e. The Kier molecular flexibility index (Phi) is 3.78. The zero-order chi connectivity index (χ0) is 53.8. The molecule has 0 N–H and O–H groups in total. The quantitative estimate of drug-likeness (QED) is 0.179. The molecule has 0 aliphatic heterocycles. The van der Waals surface area contributed by atoms with Crippen LogP contribution in [0.4, 0.5) is 0 Å². The lowest BCUT2D eigenvalue weighted by Crippen LogP contribution is -2.14. The van der Waals surface area contributed by atoms with Crippen molar-refractivity contribution in [2.45, 2.75) is 19.3 Å². The van der Waals surface area contributed by atoms with Gasteiger partial charge in [0.1, 0.15) is 0 Å². The maximum absolute atomic E-state index is 9.90. The zero-order valence-electron chi connectivity index (χ0n) is 49.1. The van der Waals surface area contributed by atoms with E-state index >= 15 is 0 Å². The van der Waals surface area contributed by atoms with Gasteiger partial charge in [-0.25, -0.2) is 9.97 Å². The fourth-order valence-corrected chi connectivity index (χ4v) is 7.08. The van der Waals surface area contributed by atoms with E-state index < -0.39 is 183 Å². The molecule has 10 rings (SSSR count). The van der Waals surface area contributed by atoms with Crippen LogP contribution >= 0.6 is 0 Å². The number of hydrogen-bond donors (Lipinski definition) is 0. The minimum atomic E-state index is -0.964. The summed E-state index contributed by atoms with van der Waals surface area (Å²) in [6.07, 6.45) is 0. The van der Waals surface area contributed by atoms with Crippen LogP contribution in [0, 0.1) is 0 Å². The van der Waals surface area contributed by atoms with Crippen LogP contribution < -0.4 is 0 Å². The minimum absolute atomic E-state index is 0.0731. The Labute approximate surface area is 339 Å². The van der Waals surface area contributed by atoms with Crippen molar-refractivity contribution in [1.82, 2.24) is 9.97 Å². The van der Waals surface area contributed by atoms with E-state index in [1.807, 2.05) is 50.2 Å². The molecule has 250 valence electrons. The first kappa shape index (κ1) is 16.4. The fourth-order valence-electron chi connectivity index (χ4n) is 7.08. The van der Waals surface area contributed by atoms with Gasteiger partial charge in [0.25, 0.3) is 0 Å². The van der Waals surface area contributed by atoms with Crippen molar-refractivity contribution in [3.8, 4) is 67.3 Å². The number of nitrogens with zero attached hydrogens (tertiary/aromatic N) is 2. The summed E-state index contributed by atoms with van der Waals surface area (Å²) in [6, 6.07) is -0.255. The van der Waals surface area contributed by atoms with Crippen molar-refractivity contribution >= 4 is 21.5 Å².